The fourth-order valence-electron chi connectivity index (χ4n) is 0.705. The van der Waals surface area contributed by atoms with Crippen LogP contribution in [0.25, 0.3) is 0 Å². The number of aliphatic imine (C=N–C) groups is 1. The Balaban J connectivity index is 2.89. The van der Waals surface area contributed by atoms with Crippen LogP contribution in [0.5, 0.6) is 0 Å². The average Bonchev–Trinajstić information content (AvgIpc) is 1.95. The van der Waals surface area contributed by atoms with E-state index >= 15 is 0 Å². The van der Waals surface area contributed by atoms with E-state index in [0.717, 1.165) is 11.3 Å². The summed E-state index contributed by atoms with van der Waals surface area (Å²) in [5, 5.41) is 0. The van der Waals surface area contributed by atoms with Crippen molar-refractivity contribution in [2.75, 3.05) is 7.05 Å². The quantitative estimate of drug-likeness (QED) is 0.533. The molecule has 1 rings (SSSR count). The Morgan fingerprint density at radius 1 is 1.50 bits per heavy atom. The second-order valence-corrected chi connectivity index (χ2v) is 2.12. The molecule has 0 atom stereocenters. The summed E-state index contributed by atoms with van der Waals surface area (Å²) in [5.41, 5.74) is 2.08. The average molecular weight is 134 g/mol. The zero-order valence-corrected chi connectivity index (χ0v) is 6.20. The molecular weight excluding hydrogens is 124 g/mol. The maximum atomic E-state index is 4.11. The fourth-order valence-corrected chi connectivity index (χ4v) is 0.705. The monoisotopic (exact) mass is 134 g/mol. The van der Waals surface area contributed by atoms with Gasteiger partial charge < -0.3 is 0 Å². The zero-order chi connectivity index (χ0) is 7.40. The molecule has 0 aliphatic heterocycles. The SMILES string of the molecule is CN=Cc1ccc(C)nc1. The molecule has 0 aliphatic carbocycles. The van der Waals surface area contributed by atoms with E-state index in [2.05, 4.69) is 9.98 Å². The molecule has 0 bridgehead atoms. The van der Waals surface area contributed by atoms with Gasteiger partial charge in [-0.2, -0.15) is 0 Å². The van der Waals surface area contributed by atoms with Gasteiger partial charge in [-0.15, -0.1) is 0 Å². The van der Waals surface area contributed by atoms with Crippen molar-refractivity contribution < 1.29 is 0 Å². The van der Waals surface area contributed by atoms with Crippen molar-refractivity contribution in [3.63, 3.8) is 0 Å². The van der Waals surface area contributed by atoms with Crippen molar-refractivity contribution in [3.05, 3.63) is 29.6 Å². The molecule has 0 saturated heterocycles. The van der Waals surface area contributed by atoms with Gasteiger partial charge in [-0.25, -0.2) is 0 Å². The lowest BCUT2D eigenvalue weighted by atomic mass is 10.3. The standard InChI is InChI=1S/C8H10N2/c1-7-3-4-8(5-9-2)6-10-7/h3-6H,1-2H3. The third-order valence-corrected chi connectivity index (χ3v) is 1.21. The summed E-state index contributed by atoms with van der Waals surface area (Å²) in [6.07, 6.45) is 3.59. The van der Waals surface area contributed by atoms with E-state index in [1.165, 1.54) is 0 Å². The van der Waals surface area contributed by atoms with Crippen molar-refractivity contribution in [1.29, 1.82) is 0 Å². The van der Waals surface area contributed by atoms with E-state index < -0.39 is 0 Å². The normalized spacial score (nSPS) is 10.6. The number of hydrogen-bond donors (Lipinski definition) is 0. The first-order chi connectivity index (χ1) is 4.83. The molecule has 1 aromatic rings. The number of aromatic nitrogens is 1. The number of aryl methyl sites for hydroxylation is 1. The maximum absolute atomic E-state index is 4.11. The molecule has 2 nitrogen and oxygen atoms in total. The lowest BCUT2D eigenvalue weighted by Crippen LogP contribution is -1.84. The molecule has 0 unspecified atom stereocenters. The van der Waals surface area contributed by atoms with Gasteiger partial charge in [0.05, 0.1) is 0 Å². The minimum atomic E-state index is 1.04. The molecule has 0 aliphatic rings. The Morgan fingerprint density at radius 3 is 2.80 bits per heavy atom. The molecule has 52 valence electrons. The molecule has 0 N–H and O–H groups in total. The van der Waals surface area contributed by atoms with Crippen LogP contribution in [0.3, 0.4) is 0 Å². The Bertz CT molecular complexity index is 224. The van der Waals surface area contributed by atoms with Gasteiger partial charge in [0, 0.05) is 30.7 Å². The van der Waals surface area contributed by atoms with Crippen molar-refractivity contribution in [3.8, 4) is 0 Å². The summed E-state index contributed by atoms with van der Waals surface area (Å²) in [5.74, 6) is 0. The molecular formula is C8H10N2. The van der Waals surface area contributed by atoms with E-state index in [1.54, 1.807) is 13.3 Å². The lowest BCUT2D eigenvalue weighted by molar-refractivity contribution is 1.20. The van der Waals surface area contributed by atoms with E-state index in [1.807, 2.05) is 25.3 Å². The third kappa shape index (κ3) is 1.65. The highest BCUT2D eigenvalue weighted by molar-refractivity contribution is 5.78. The van der Waals surface area contributed by atoms with Gasteiger partial charge in [-0.1, -0.05) is 6.07 Å². The highest BCUT2D eigenvalue weighted by Gasteiger charge is 1.85. The van der Waals surface area contributed by atoms with Gasteiger partial charge in [-0.3, -0.25) is 9.98 Å². The molecule has 1 aromatic heterocycles. The van der Waals surface area contributed by atoms with Gasteiger partial charge in [0.15, 0.2) is 0 Å². The van der Waals surface area contributed by atoms with Gasteiger partial charge in [0.1, 0.15) is 0 Å². The van der Waals surface area contributed by atoms with Crippen molar-refractivity contribution >= 4 is 6.21 Å². The molecule has 0 saturated carbocycles. The molecule has 0 spiro atoms. The third-order valence-electron chi connectivity index (χ3n) is 1.21. The Hall–Kier alpha value is -1.18. The summed E-state index contributed by atoms with van der Waals surface area (Å²) in [6, 6.07) is 3.96. The first-order valence-electron chi connectivity index (χ1n) is 3.18. The van der Waals surface area contributed by atoms with Crippen LogP contribution in [0.15, 0.2) is 23.3 Å². The van der Waals surface area contributed by atoms with Crippen LogP contribution in [-0.4, -0.2) is 18.2 Å². The molecule has 2 heteroatoms. The highest BCUT2D eigenvalue weighted by Crippen LogP contribution is 1.94. The van der Waals surface area contributed by atoms with E-state index in [-0.39, 0.29) is 0 Å². The maximum Gasteiger partial charge on any atom is 0.0373 e. The first-order valence-corrected chi connectivity index (χ1v) is 3.18. The fraction of sp³-hybridized carbons (Fsp3) is 0.250. The Labute approximate surface area is 60.6 Å². The smallest absolute Gasteiger partial charge is 0.0373 e. The number of pyridine rings is 1. The van der Waals surface area contributed by atoms with Gasteiger partial charge in [0.25, 0.3) is 0 Å². The molecule has 0 amide bonds. The van der Waals surface area contributed by atoms with Crippen molar-refractivity contribution in [1.82, 2.24) is 4.98 Å². The molecule has 0 aromatic carbocycles. The van der Waals surface area contributed by atoms with Crippen LogP contribution < -0.4 is 0 Å². The topological polar surface area (TPSA) is 25.2 Å². The highest BCUT2D eigenvalue weighted by atomic mass is 14.7. The number of rotatable bonds is 1. The van der Waals surface area contributed by atoms with Crippen molar-refractivity contribution in [2.24, 2.45) is 4.99 Å². The van der Waals surface area contributed by atoms with Gasteiger partial charge in [-0.05, 0) is 13.0 Å². The summed E-state index contributed by atoms with van der Waals surface area (Å²) < 4.78 is 0. The molecule has 0 fully saturated rings. The minimum absolute atomic E-state index is 1.04. The second-order valence-electron chi connectivity index (χ2n) is 2.12. The van der Waals surface area contributed by atoms with Crippen LogP contribution in [0.4, 0.5) is 0 Å². The number of hydrogen-bond acceptors (Lipinski definition) is 2. The van der Waals surface area contributed by atoms with Gasteiger partial charge in [0.2, 0.25) is 0 Å². The molecule has 1 heterocycles. The largest absolute Gasteiger partial charge is 0.296 e. The summed E-state index contributed by atoms with van der Waals surface area (Å²) in [6.45, 7) is 1.97. The van der Waals surface area contributed by atoms with Crippen LogP contribution in [0.1, 0.15) is 11.3 Å². The van der Waals surface area contributed by atoms with E-state index in [0.29, 0.717) is 0 Å². The van der Waals surface area contributed by atoms with Gasteiger partial charge >= 0.3 is 0 Å². The van der Waals surface area contributed by atoms with E-state index in [9.17, 15) is 0 Å². The Kier molecular flexibility index (Phi) is 2.15. The van der Waals surface area contributed by atoms with Crippen molar-refractivity contribution in [2.45, 2.75) is 6.92 Å². The van der Waals surface area contributed by atoms with Crippen LogP contribution >= 0.6 is 0 Å². The summed E-state index contributed by atoms with van der Waals surface area (Å²) in [7, 11) is 1.75. The first kappa shape index (κ1) is 6.93. The molecule has 10 heavy (non-hydrogen) atoms. The molecule has 0 radical (unpaired) electrons. The van der Waals surface area contributed by atoms with Crippen LogP contribution in [0.2, 0.25) is 0 Å². The minimum Gasteiger partial charge on any atom is -0.296 e. The summed E-state index contributed by atoms with van der Waals surface area (Å²) in [4.78, 5) is 7.98. The predicted molar refractivity (Wildman–Crippen MR) is 42.5 cm³/mol. The Morgan fingerprint density at radius 2 is 2.30 bits per heavy atom. The lowest BCUT2D eigenvalue weighted by Gasteiger charge is -1.91. The zero-order valence-electron chi connectivity index (χ0n) is 6.20. The van der Waals surface area contributed by atoms with Crippen LogP contribution in [-0.2, 0) is 0 Å². The van der Waals surface area contributed by atoms with Crippen LogP contribution in [0, 0.1) is 6.92 Å². The predicted octanol–water partition coefficient (Wildman–Crippen LogP) is 1.44. The summed E-state index contributed by atoms with van der Waals surface area (Å²) >= 11 is 0. The van der Waals surface area contributed by atoms with E-state index in [4.69, 9.17) is 0 Å². The number of nitrogens with zero attached hydrogens (tertiary/aromatic N) is 2. The second kappa shape index (κ2) is 3.11.